The fraction of sp³-hybridized carbons (Fsp3) is 0.323. The van der Waals surface area contributed by atoms with Crippen molar-refractivity contribution in [2.24, 2.45) is 5.41 Å². The third kappa shape index (κ3) is 5.90. The Morgan fingerprint density at radius 2 is 1.33 bits per heavy atom. The van der Waals surface area contributed by atoms with Crippen molar-refractivity contribution in [3.05, 3.63) is 70.2 Å². The lowest BCUT2D eigenvalue weighted by molar-refractivity contribution is 0.206. The van der Waals surface area contributed by atoms with Crippen LogP contribution in [0.3, 0.4) is 0 Å². The van der Waals surface area contributed by atoms with Gasteiger partial charge in [0.2, 0.25) is 11.8 Å². The van der Waals surface area contributed by atoms with Crippen molar-refractivity contribution in [1.29, 1.82) is 5.26 Å². The molecule has 42 heavy (non-hydrogen) atoms. The van der Waals surface area contributed by atoms with Gasteiger partial charge in [0, 0.05) is 41.9 Å². The number of nitrogens with one attached hydrogen (secondary N) is 2. The maximum atomic E-state index is 9.49. The molecule has 5 rings (SSSR count). The third-order valence-electron chi connectivity index (χ3n) is 7.50. The molecule has 216 valence electrons. The van der Waals surface area contributed by atoms with Crippen molar-refractivity contribution in [2.45, 2.75) is 32.4 Å². The van der Waals surface area contributed by atoms with Crippen LogP contribution in [0.15, 0.2) is 48.8 Å². The average molecular weight is 605 g/mol. The van der Waals surface area contributed by atoms with E-state index >= 15 is 0 Å². The Balaban J connectivity index is 1.44. The fourth-order valence-corrected chi connectivity index (χ4v) is 5.67. The molecule has 0 unspecified atom stereocenters. The van der Waals surface area contributed by atoms with Gasteiger partial charge in [-0.15, -0.1) is 0 Å². The quantitative estimate of drug-likeness (QED) is 0.210. The second kappa shape index (κ2) is 13.0. The van der Waals surface area contributed by atoms with Crippen LogP contribution in [0, 0.1) is 16.7 Å². The first-order valence-corrected chi connectivity index (χ1v) is 14.3. The minimum atomic E-state index is -0.276. The van der Waals surface area contributed by atoms with Crippen LogP contribution >= 0.6 is 23.2 Å². The van der Waals surface area contributed by atoms with Crippen LogP contribution in [0.1, 0.15) is 30.7 Å². The van der Waals surface area contributed by atoms with Gasteiger partial charge in [-0.05, 0) is 19.9 Å². The molecular weight excluding hydrogens is 573 g/mol. The zero-order chi connectivity index (χ0) is 29.7. The Labute approximate surface area is 255 Å². The summed E-state index contributed by atoms with van der Waals surface area (Å²) in [6, 6.07) is 13.8. The van der Waals surface area contributed by atoms with Gasteiger partial charge in [-0.1, -0.05) is 66.0 Å². The summed E-state index contributed by atoms with van der Waals surface area (Å²) in [4.78, 5) is 18.5. The van der Waals surface area contributed by atoms with E-state index in [1.807, 2.05) is 43.4 Å². The molecule has 2 aromatic carbocycles. The molecule has 0 radical (unpaired) electrons. The summed E-state index contributed by atoms with van der Waals surface area (Å²) >= 11 is 14.0. The summed E-state index contributed by atoms with van der Waals surface area (Å²) in [5.74, 6) is 0.831. The summed E-state index contributed by atoms with van der Waals surface area (Å²) in [5, 5.41) is 16.9. The first-order chi connectivity index (χ1) is 20.4. The first kappa shape index (κ1) is 29.7. The lowest BCUT2D eigenvalue weighted by atomic mass is 9.70. The predicted molar refractivity (Wildman–Crippen MR) is 163 cm³/mol. The number of rotatable bonds is 11. The van der Waals surface area contributed by atoms with Gasteiger partial charge in [-0.25, -0.2) is 9.97 Å². The molecule has 0 spiro atoms. The maximum absolute atomic E-state index is 9.49. The molecule has 1 saturated carbocycles. The minimum Gasteiger partial charge on any atom is -0.480 e. The Morgan fingerprint density at radius 3 is 1.76 bits per heavy atom. The van der Waals surface area contributed by atoms with Gasteiger partial charge >= 0.3 is 0 Å². The van der Waals surface area contributed by atoms with Gasteiger partial charge in [0.15, 0.2) is 0 Å². The van der Waals surface area contributed by atoms with Gasteiger partial charge in [-0.3, -0.25) is 9.97 Å². The number of methoxy groups -OCH3 is 2. The van der Waals surface area contributed by atoms with E-state index in [4.69, 9.17) is 37.7 Å². The monoisotopic (exact) mass is 603 g/mol. The zero-order valence-corrected chi connectivity index (χ0v) is 25.2. The number of aromatic nitrogens is 4. The number of benzene rings is 2. The van der Waals surface area contributed by atoms with E-state index in [1.54, 1.807) is 26.6 Å². The molecule has 0 aliphatic heterocycles. The van der Waals surface area contributed by atoms with E-state index in [0.717, 1.165) is 30.4 Å². The number of ether oxygens (including phenoxy) is 2. The van der Waals surface area contributed by atoms with Crippen LogP contribution in [0.25, 0.3) is 33.6 Å². The van der Waals surface area contributed by atoms with Gasteiger partial charge < -0.3 is 20.1 Å². The van der Waals surface area contributed by atoms with Crippen LogP contribution < -0.4 is 20.1 Å². The van der Waals surface area contributed by atoms with Crippen molar-refractivity contribution in [3.63, 3.8) is 0 Å². The number of nitriles is 1. The number of nitrogens with zero attached hydrogens (tertiary/aromatic N) is 5. The molecule has 2 aromatic heterocycles. The lowest BCUT2D eigenvalue weighted by Crippen LogP contribution is -2.38. The highest BCUT2D eigenvalue weighted by Crippen LogP contribution is 2.42. The molecule has 0 saturated heterocycles. The Hall–Kier alpha value is -3.81. The molecule has 0 atom stereocenters. The van der Waals surface area contributed by atoms with Crippen LogP contribution in [-0.4, -0.2) is 47.7 Å². The minimum absolute atomic E-state index is 0.276. The predicted octanol–water partition coefficient (Wildman–Crippen LogP) is 6.09. The Morgan fingerprint density at radius 1 is 0.833 bits per heavy atom. The van der Waals surface area contributed by atoms with Gasteiger partial charge in [0.25, 0.3) is 0 Å². The van der Waals surface area contributed by atoms with Crippen LogP contribution in [0.4, 0.5) is 0 Å². The van der Waals surface area contributed by atoms with E-state index in [1.165, 1.54) is 0 Å². The normalized spacial score (nSPS) is 13.7. The van der Waals surface area contributed by atoms with Crippen molar-refractivity contribution in [3.8, 4) is 51.5 Å². The summed E-state index contributed by atoms with van der Waals surface area (Å²) in [5.41, 5.74) is 5.12. The second-order valence-electron chi connectivity index (χ2n) is 10.1. The standard InChI is InChI=1S/C31H31Cl2N7O2/c1-35-13-25-29(41-2)39-23(15-37-25)21-9-4-7-19(27(21)32)20-8-5-10-22(28(20)33)24-16-38-26(30(40-24)42-3)14-36-18-31(17-34)11-6-12-31/h4-5,7-10,15-16,35-36H,6,11-14,18H2,1-3H3. The van der Waals surface area contributed by atoms with E-state index in [-0.39, 0.29) is 5.41 Å². The van der Waals surface area contributed by atoms with E-state index in [2.05, 4.69) is 31.7 Å². The molecule has 1 aliphatic carbocycles. The average Bonchev–Trinajstić information content (AvgIpc) is 2.99. The highest BCUT2D eigenvalue weighted by molar-refractivity contribution is 6.39. The maximum Gasteiger partial charge on any atom is 0.237 e. The largest absolute Gasteiger partial charge is 0.480 e. The highest BCUT2D eigenvalue weighted by atomic mass is 35.5. The van der Waals surface area contributed by atoms with Crippen molar-refractivity contribution in [1.82, 2.24) is 30.6 Å². The Kier molecular flexibility index (Phi) is 9.19. The summed E-state index contributed by atoms with van der Waals surface area (Å²) in [6.45, 7) is 1.58. The van der Waals surface area contributed by atoms with Crippen LogP contribution in [0.2, 0.25) is 10.0 Å². The SMILES string of the molecule is CNCc1ncc(-c2cccc(-c3cccc(-c4cnc(CNCC5(C#N)CCC5)c(OC)n4)c3Cl)c2Cl)nc1OC. The summed E-state index contributed by atoms with van der Waals surface area (Å²) in [7, 11) is 4.96. The smallest absolute Gasteiger partial charge is 0.237 e. The topological polar surface area (TPSA) is 118 Å². The molecule has 2 N–H and O–H groups in total. The van der Waals surface area contributed by atoms with Crippen molar-refractivity contribution in [2.75, 3.05) is 27.8 Å². The third-order valence-corrected chi connectivity index (χ3v) is 8.31. The van der Waals surface area contributed by atoms with Gasteiger partial charge in [0.1, 0.15) is 11.4 Å². The molecule has 4 aromatic rings. The van der Waals surface area contributed by atoms with Crippen molar-refractivity contribution >= 4 is 23.2 Å². The second-order valence-corrected chi connectivity index (χ2v) is 10.9. The summed E-state index contributed by atoms with van der Waals surface area (Å²) < 4.78 is 11.0. The molecule has 0 bridgehead atoms. The highest BCUT2D eigenvalue weighted by Gasteiger charge is 2.36. The van der Waals surface area contributed by atoms with Crippen molar-refractivity contribution < 1.29 is 9.47 Å². The van der Waals surface area contributed by atoms with Crippen LogP contribution in [0.5, 0.6) is 11.8 Å². The molecule has 2 heterocycles. The van der Waals surface area contributed by atoms with Gasteiger partial charge in [0.05, 0.1) is 59.5 Å². The van der Waals surface area contributed by atoms with E-state index in [9.17, 15) is 5.26 Å². The molecule has 0 amide bonds. The number of hydrogen-bond acceptors (Lipinski definition) is 9. The molecular formula is C31H31Cl2N7O2. The molecule has 1 aliphatic rings. The molecule has 1 fully saturated rings. The lowest BCUT2D eigenvalue weighted by Gasteiger charge is -2.35. The fourth-order valence-electron chi connectivity index (χ4n) is 5.02. The van der Waals surface area contributed by atoms with E-state index < -0.39 is 0 Å². The first-order valence-electron chi connectivity index (χ1n) is 13.6. The molecule has 11 heteroatoms. The van der Waals surface area contributed by atoms with Crippen LogP contribution in [-0.2, 0) is 13.1 Å². The number of hydrogen-bond donors (Lipinski definition) is 2. The number of halogens is 2. The van der Waals surface area contributed by atoms with E-state index in [0.29, 0.717) is 75.3 Å². The summed E-state index contributed by atoms with van der Waals surface area (Å²) in [6.07, 6.45) is 6.30. The Bertz CT molecular complexity index is 1640. The molecule has 9 nitrogen and oxygen atoms in total. The zero-order valence-electron chi connectivity index (χ0n) is 23.7. The van der Waals surface area contributed by atoms with Gasteiger partial charge in [-0.2, -0.15) is 5.26 Å².